The lowest BCUT2D eigenvalue weighted by Gasteiger charge is -2.21. The molecule has 1 heterocycles. The number of esters is 1. The van der Waals surface area contributed by atoms with Gasteiger partial charge in [-0.05, 0) is 13.0 Å². The summed E-state index contributed by atoms with van der Waals surface area (Å²) in [5.41, 5.74) is -2.53. The van der Waals surface area contributed by atoms with Crippen LogP contribution in [0.25, 0.3) is 0 Å². The molecule has 27 heavy (non-hydrogen) atoms. The fourth-order valence-corrected chi connectivity index (χ4v) is 2.74. The lowest BCUT2D eigenvalue weighted by Crippen LogP contribution is -2.31. The summed E-state index contributed by atoms with van der Waals surface area (Å²) in [5, 5.41) is 21.9. The number of rotatable bonds is 6. The molecule has 2 atom stereocenters. The molecule has 140 valence electrons. The van der Waals surface area contributed by atoms with Gasteiger partial charge in [0.15, 0.2) is 5.60 Å². The minimum absolute atomic E-state index is 0.122. The highest BCUT2D eigenvalue weighted by Gasteiger charge is 2.54. The zero-order valence-corrected chi connectivity index (χ0v) is 14.0. The second-order valence-corrected chi connectivity index (χ2v) is 5.96. The number of carbonyl (C=O) groups excluding carboxylic acids is 1. The van der Waals surface area contributed by atoms with Crippen molar-refractivity contribution in [3.8, 4) is 0 Å². The van der Waals surface area contributed by atoms with Crippen molar-refractivity contribution in [1.29, 1.82) is 0 Å². The van der Waals surface area contributed by atoms with Crippen LogP contribution in [0.4, 0.5) is 15.8 Å². The maximum atomic E-state index is 14.1. The minimum Gasteiger partial charge on any atom is -0.456 e. The van der Waals surface area contributed by atoms with E-state index in [-0.39, 0.29) is 17.7 Å². The van der Waals surface area contributed by atoms with Gasteiger partial charge in [-0.1, -0.05) is 18.2 Å². The summed E-state index contributed by atoms with van der Waals surface area (Å²) in [7, 11) is 0. The van der Waals surface area contributed by atoms with Gasteiger partial charge in [-0.25, -0.2) is 9.18 Å². The van der Waals surface area contributed by atoms with Crippen LogP contribution < -0.4 is 0 Å². The van der Waals surface area contributed by atoms with Crippen molar-refractivity contribution in [3.63, 3.8) is 0 Å². The van der Waals surface area contributed by atoms with Crippen LogP contribution in [0.3, 0.4) is 0 Å². The van der Waals surface area contributed by atoms with Crippen molar-refractivity contribution < 1.29 is 28.5 Å². The Bertz CT molecular complexity index is 910. The summed E-state index contributed by atoms with van der Waals surface area (Å²) >= 11 is 0. The molecular formula is C17H13FN2O7. The standard InChI is InChI=1S/C17H13FN2O7/c1-10(17(9-26-17)14-4-2-3-5-15(14)18)27-16(21)11-6-12(19(22)23)8-13(7-11)20(24)25/h2-8,10H,9H2,1H3/t10-,17-/m0/s1. The van der Waals surface area contributed by atoms with Gasteiger partial charge in [-0.15, -0.1) is 0 Å². The maximum absolute atomic E-state index is 14.1. The Hall–Kier alpha value is -3.40. The van der Waals surface area contributed by atoms with Crippen molar-refractivity contribution in [1.82, 2.24) is 0 Å². The molecule has 1 saturated heterocycles. The van der Waals surface area contributed by atoms with Gasteiger partial charge in [0.25, 0.3) is 11.4 Å². The van der Waals surface area contributed by atoms with E-state index in [2.05, 4.69) is 0 Å². The van der Waals surface area contributed by atoms with Crippen molar-refractivity contribution in [2.24, 2.45) is 0 Å². The fraction of sp³-hybridized carbons (Fsp3) is 0.235. The molecule has 9 nitrogen and oxygen atoms in total. The van der Waals surface area contributed by atoms with E-state index in [1.165, 1.54) is 25.1 Å². The molecule has 0 saturated carbocycles. The SMILES string of the molecule is C[C@H](OC(=O)c1cc([N+](=O)[O-])cc([N+](=O)[O-])c1)[C@]1(c2ccccc2F)CO1. The van der Waals surface area contributed by atoms with Crippen molar-refractivity contribution in [2.75, 3.05) is 6.61 Å². The van der Waals surface area contributed by atoms with Crippen molar-refractivity contribution >= 4 is 17.3 Å². The first-order valence-electron chi connectivity index (χ1n) is 7.78. The summed E-state index contributed by atoms with van der Waals surface area (Å²) in [5.74, 6) is -1.54. The number of nitro benzene ring substituents is 2. The largest absolute Gasteiger partial charge is 0.456 e. The maximum Gasteiger partial charge on any atom is 0.339 e. The number of ether oxygens (including phenoxy) is 2. The Kier molecular flexibility index (Phi) is 4.58. The number of nitro groups is 2. The third-order valence-electron chi connectivity index (χ3n) is 4.29. The van der Waals surface area contributed by atoms with Crippen LogP contribution in [0, 0.1) is 26.0 Å². The lowest BCUT2D eigenvalue weighted by atomic mass is 9.94. The van der Waals surface area contributed by atoms with E-state index in [0.717, 1.165) is 18.2 Å². The number of hydrogen-bond acceptors (Lipinski definition) is 7. The second-order valence-electron chi connectivity index (χ2n) is 5.96. The van der Waals surface area contributed by atoms with E-state index in [1.54, 1.807) is 6.07 Å². The van der Waals surface area contributed by atoms with E-state index < -0.39 is 44.7 Å². The third-order valence-corrected chi connectivity index (χ3v) is 4.29. The molecule has 2 aromatic carbocycles. The normalized spacial score (nSPS) is 19.2. The quantitative estimate of drug-likeness (QED) is 0.328. The molecule has 0 radical (unpaired) electrons. The van der Waals surface area contributed by atoms with Crippen LogP contribution in [0.5, 0.6) is 0 Å². The molecule has 1 aliphatic heterocycles. The Morgan fingerprint density at radius 2 is 1.74 bits per heavy atom. The summed E-state index contributed by atoms with van der Waals surface area (Å²) < 4.78 is 24.7. The Morgan fingerprint density at radius 3 is 2.22 bits per heavy atom. The van der Waals surface area contributed by atoms with E-state index >= 15 is 0 Å². The zero-order chi connectivity index (χ0) is 19.8. The number of epoxide rings is 1. The molecule has 1 aliphatic rings. The zero-order valence-electron chi connectivity index (χ0n) is 14.0. The van der Waals surface area contributed by atoms with Crippen LogP contribution in [0.2, 0.25) is 0 Å². The first-order valence-corrected chi connectivity index (χ1v) is 7.78. The molecule has 0 unspecified atom stereocenters. The smallest absolute Gasteiger partial charge is 0.339 e. The average molecular weight is 376 g/mol. The Labute approximate surface area is 151 Å². The summed E-state index contributed by atoms with van der Waals surface area (Å²) in [6.07, 6.45) is -0.930. The molecule has 3 rings (SSSR count). The summed E-state index contributed by atoms with van der Waals surface area (Å²) in [4.78, 5) is 32.5. The van der Waals surface area contributed by atoms with Gasteiger partial charge in [0.1, 0.15) is 11.9 Å². The highest BCUT2D eigenvalue weighted by molar-refractivity contribution is 5.91. The van der Waals surface area contributed by atoms with Crippen LogP contribution in [0.15, 0.2) is 42.5 Å². The van der Waals surface area contributed by atoms with Crippen molar-refractivity contribution in [3.05, 3.63) is 79.6 Å². The monoisotopic (exact) mass is 376 g/mol. The molecule has 1 fully saturated rings. The van der Waals surface area contributed by atoms with Crippen molar-refractivity contribution in [2.45, 2.75) is 18.6 Å². The molecule has 0 amide bonds. The van der Waals surface area contributed by atoms with Gasteiger partial charge in [-0.3, -0.25) is 20.2 Å². The summed E-state index contributed by atoms with van der Waals surface area (Å²) in [6.45, 7) is 1.61. The molecular weight excluding hydrogens is 363 g/mol. The average Bonchev–Trinajstić information content (AvgIpc) is 3.43. The van der Waals surface area contributed by atoms with E-state index in [9.17, 15) is 29.4 Å². The molecule has 0 bridgehead atoms. The van der Waals surface area contributed by atoms with Crippen LogP contribution in [-0.2, 0) is 15.1 Å². The van der Waals surface area contributed by atoms with Gasteiger partial charge < -0.3 is 9.47 Å². The number of non-ortho nitro benzene ring substituents is 2. The van der Waals surface area contributed by atoms with Gasteiger partial charge in [0, 0.05) is 17.7 Å². The molecule has 0 spiro atoms. The highest BCUT2D eigenvalue weighted by Crippen LogP contribution is 2.44. The fourth-order valence-electron chi connectivity index (χ4n) is 2.74. The Balaban J connectivity index is 1.86. The number of nitrogens with zero attached hydrogens (tertiary/aromatic N) is 2. The predicted molar refractivity (Wildman–Crippen MR) is 88.7 cm³/mol. The molecule has 0 N–H and O–H groups in total. The van der Waals surface area contributed by atoms with Gasteiger partial charge in [0.05, 0.1) is 28.1 Å². The second kappa shape index (κ2) is 6.72. The molecule has 2 aromatic rings. The first kappa shape index (κ1) is 18.4. The van der Waals surface area contributed by atoms with Crippen LogP contribution >= 0.6 is 0 Å². The van der Waals surface area contributed by atoms with E-state index in [0.29, 0.717) is 0 Å². The summed E-state index contributed by atoms with van der Waals surface area (Å²) in [6, 6.07) is 8.37. The van der Waals surface area contributed by atoms with Crippen LogP contribution in [0.1, 0.15) is 22.8 Å². The van der Waals surface area contributed by atoms with Gasteiger partial charge in [-0.2, -0.15) is 0 Å². The van der Waals surface area contributed by atoms with Gasteiger partial charge in [0.2, 0.25) is 0 Å². The number of halogens is 1. The third kappa shape index (κ3) is 3.47. The minimum atomic E-state index is -1.16. The highest BCUT2D eigenvalue weighted by atomic mass is 19.1. The number of benzene rings is 2. The molecule has 10 heteroatoms. The Morgan fingerprint density at radius 1 is 1.19 bits per heavy atom. The molecule has 0 aromatic heterocycles. The number of hydrogen-bond donors (Lipinski definition) is 0. The topological polar surface area (TPSA) is 125 Å². The van der Waals surface area contributed by atoms with Gasteiger partial charge >= 0.3 is 5.97 Å². The number of carbonyl (C=O) groups is 1. The molecule has 0 aliphatic carbocycles. The van der Waals surface area contributed by atoms with E-state index in [1.807, 2.05) is 0 Å². The lowest BCUT2D eigenvalue weighted by molar-refractivity contribution is -0.394. The van der Waals surface area contributed by atoms with E-state index in [4.69, 9.17) is 9.47 Å². The predicted octanol–water partition coefficient (Wildman–Crippen LogP) is 3.11. The first-order chi connectivity index (χ1) is 12.7. The van der Waals surface area contributed by atoms with Crippen LogP contribution in [-0.4, -0.2) is 28.5 Å².